The van der Waals surface area contributed by atoms with Crippen LogP contribution in [0, 0.1) is 0 Å². The third-order valence-electron chi connectivity index (χ3n) is 2.69. The Bertz CT molecular complexity index is 311. The fraction of sp³-hybridized carbons (Fsp3) is 0.500. The van der Waals surface area contributed by atoms with Crippen molar-refractivity contribution in [2.24, 2.45) is 0 Å². The Morgan fingerprint density at radius 1 is 1.31 bits per heavy atom. The van der Waals surface area contributed by atoms with Crippen LogP contribution in [0.1, 0.15) is 49.7 Å². The van der Waals surface area contributed by atoms with E-state index in [4.69, 9.17) is 11.6 Å². The van der Waals surface area contributed by atoms with Gasteiger partial charge in [-0.25, -0.2) is 0 Å². The zero-order chi connectivity index (χ0) is 9.42. The Morgan fingerprint density at radius 3 is 2.54 bits per heavy atom. The quantitative estimate of drug-likeness (QED) is 0.657. The Hall–Kier alpha value is -0.490. The number of halogens is 1. The molecule has 2 rings (SSSR count). The molecule has 0 heterocycles. The molecule has 70 valence electrons. The molecular weight excluding hydrogens is 180 g/mol. The van der Waals surface area contributed by atoms with E-state index in [1.165, 1.54) is 24.0 Å². The lowest BCUT2D eigenvalue weighted by Crippen LogP contribution is -1.94. The fourth-order valence-corrected chi connectivity index (χ4v) is 1.99. The second-order valence-electron chi connectivity index (χ2n) is 4.20. The molecule has 13 heavy (non-hydrogen) atoms. The lowest BCUT2D eigenvalue weighted by molar-refractivity contribution is 0.842. The highest BCUT2D eigenvalue weighted by molar-refractivity contribution is 6.30. The van der Waals surface area contributed by atoms with E-state index in [0.717, 1.165) is 10.9 Å². The number of hydrogen-bond acceptors (Lipinski definition) is 0. The van der Waals surface area contributed by atoms with Crippen LogP contribution in [0.4, 0.5) is 0 Å². The van der Waals surface area contributed by atoms with Gasteiger partial charge in [0.2, 0.25) is 0 Å². The summed E-state index contributed by atoms with van der Waals surface area (Å²) in [5.74, 6) is 1.42. The standard InChI is InChI=1S/C12H15Cl/c1-8(2)12-7-10(13)5-6-11(12)9-3-4-9/h5-9H,3-4H2,1-2H3. The zero-order valence-electron chi connectivity index (χ0n) is 8.18. The summed E-state index contributed by atoms with van der Waals surface area (Å²) in [6.45, 7) is 4.47. The summed E-state index contributed by atoms with van der Waals surface area (Å²) in [6.07, 6.45) is 2.72. The maximum Gasteiger partial charge on any atom is 0.0409 e. The third-order valence-corrected chi connectivity index (χ3v) is 2.92. The molecule has 0 N–H and O–H groups in total. The van der Waals surface area contributed by atoms with E-state index in [1.807, 2.05) is 6.07 Å². The highest BCUT2D eigenvalue weighted by Crippen LogP contribution is 2.43. The molecule has 1 heteroatoms. The van der Waals surface area contributed by atoms with Gasteiger partial charge >= 0.3 is 0 Å². The van der Waals surface area contributed by atoms with E-state index in [0.29, 0.717) is 5.92 Å². The van der Waals surface area contributed by atoms with Gasteiger partial charge in [0.1, 0.15) is 0 Å². The van der Waals surface area contributed by atoms with Crippen LogP contribution >= 0.6 is 11.6 Å². The SMILES string of the molecule is CC(C)c1cc(Cl)ccc1C1CC1. The van der Waals surface area contributed by atoms with E-state index in [-0.39, 0.29) is 0 Å². The van der Waals surface area contributed by atoms with Crippen molar-refractivity contribution in [2.75, 3.05) is 0 Å². The van der Waals surface area contributed by atoms with Crippen molar-refractivity contribution in [3.8, 4) is 0 Å². The van der Waals surface area contributed by atoms with Gasteiger partial charge in [0.25, 0.3) is 0 Å². The van der Waals surface area contributed by atoms with Crippen LogP contribution in [0.3, 0.4) is 0 Å². The Labute approximate surface area is 84.9 Å². The monoisotopic (exact) mass is 194 g/mol. The van der Waals surface area contributed by atoms with Gasteiger partial charge in [-0.2, -0.15) is 0 Å². The molecule has 1 aliphatic carbocycles. The van der Waals surface area contributed by atoms with Crippen LogP contribution in [-0.2, 0) is 0 Å². The van der Waals surface area contributed by atoms with Gasteiger partial charge in [-0.05, 0) is 47.9 Å². The lowest BCUT2D eigenvalue weighted by atomic mass is 9.94. The molecule has 0 saturated heterocycles. The van der Waals surface area contributed by atoms with E-state index in [2.05, 4.69) is 26.0 Å². The molecule has 1 aromatic carbocycles. The van der Waals surface area contributed by atoms with Crippen molar-refractivity contribution in [1.29, 1.82) is 0 Å². The molecule has 0 aromatic heterocycles. The molecule has 0 radical (unpaired) electrons. The maximum absolute atomic E-state index is 5.99. The molecule has 0 aliphatic heterocycles. The smallest absolute Gasteiger partial charge is 0.0409 e. The summed E-state index contributed by atoms with van der Waals surface area (Å²) in [5, 5.41) is 0.869. The van der Waals surface area contributed by atoms with Crippen molar-refractivity contribution < 1.29 is 0 Å². The molecule has 1 aliphatic rings. The predicted molar refractivity (Wildman–Crippen MR) is 57.5 cm³/mol. The highest BCUT2D eigenvalue weighted by Gasteiger charge is 2.26. The van der Waals surface area contributed by atoms with E-state index in [9.17, 15) is 0 Å². The molecule has 0 amide bonds. The van der Waals surface area contributed by atoms with E-state index in [1.54, 1.807) is 0 Å². The van der Waals surface area contributed by atoms with Crippen molar-refractivity contribution in [3.05, 3.63) is 34.3 Å². The lowest BCUT2D eigenvalue weighted by Gasteiger charge is -2.12. The van der Waals surface area contributed by atoms with Gasteiger partial charge in [-0.3, -0.25) is 0 Å². The third kappa shape index (κ3) is 1.88. The number of benzene rings is 1. The summed E-state index contributed by atoms with van der Waals surface area (Å²) >= 11 is 5.99. The minimum Gasteiger partial charge on any atom is -0.0843 e. The molecule has 0 atom stereocenters. The normalized spacial score (nSPS) is 16.6. The van der Waals surface area contributed by atoms with Crippen LogP contribution in [0.2, 0.25) is 5.02 Å². The van der Waals surface area contributed by atoms with Gasteiger partial charge in [-0.1, -0.05) is 31.5 Å². The summed E-state index contributed by atoms with van der Waals surface area (Å²) in [7, 11) is 0. The second kappa shape index (κ2) is 3.34. The van der Waals surface area contributed by atoms with Crippen molar-refractivity contribution in [2.45, 2.75) is 38.5 Å². The summed E-state index contributed by atoms with van der Waals surface area (Å²) < 4.78 is 0. The first-order chi connectivity index (χ1) is 6.18. The minimum atomic E-state index is 0.592. The summed E-state index contributed by atoms with van der Waals surface area (Å²) in [5.41, 5.74) is 2.97. The molecular formula is C12H15Cl. The first-order valence-electron chi connectivity index (χ1n) is 4.98. The van der Waals surface area contributed by atoms with Gasteiger partial charge in [0, 0.05) is 5.02 Å². The van der Waals surface area contributed by atoms with E-state index >= 15 is 0 Å². The first kappa shape index (κ1) is 9.08. The maximum atomic E-state index is 5.99. The van der Waals surface area contributed by atoms with Crippen molar-refractivity contribution in [1.82, 2.24) is 0 Å². The molecule has 0 bridgehead atoms. The van der Waals surface area contributed by atoms with Crippen LogP contribution in [0.15, 0.2) is 18.2 Å². The van der Waals surface area contributed by atoms with Gasteiger partial charge in [-0.15, -0.1) is 0 Å². The molecule has 1 aromatic rings. The Balaban J connectivity index is 2.41. The fourth-order valence-electron chi connectivity index (χ4n) is 1.81. The summed E-state index contributed by atoms with van der Waals surface area (Å²) in [6, 6.07) is 6.34. The molecule has 0 spiro atoms. The molecule has 0 unspecified atom stereocenters. The first-order valence-corrected chi connectivity index (χ1v) is 5.35. The van der Waals surface area contributed by atoms with E-state index < -0.39 is 0 Å². The van der Waals surface area contributed by atoms with Gasteiger partial charge < -0.3 is 0 Å². The largest absolute Gasteiger partial charge is 0.0843 e. The summed E-state index contributed by atoms with van der Waals surface area (Å²) in [4.78, 5) is 0. The Morgan fingerprint density at radius 2 is 2.00 bits per heavy atom. The molecule has 0 nitrogen and oxygen atoms in total. The van der Waals surface area contributed by atoms with Crippen molar-refractivity contribution >= 4 is 11.6 Å². The number of rotatable bonds is 2. The predicted octanol–water partition coefficient (Wildman–Crippen LogP) is 4.34. The van der Waals surface area contributed by atoms with Crippen molar-refractivity contribution in [3.63, 3.8) is 0 Å². The topological polar surface area (TPSA) is 0 Å². The average Bonchev–Trinajstić information content (AvgIpc) is 2.87. The second-order valence-corrected chi connectivity index (χ2v) is 4.64. The van der Waals surface area contributed by atoms with Crippen LogP contribution in [0.25, 0.3) is 0 Å². The average molecular weight is 195 g/mol. The molecule has 1 fully saturated rings. The highest BCUT2D eigenvalue weighted by atomic mass is 35.5. The minimum absolute atomic E-state index is 0.592. The Kier molecular flexibility index (Phi) is 2.33. The zero-order valence-corrected chi connectivity index (χ0v) is 8.93. The van der Waals surface area contributed by atoms with Crippen LogP contribution in [-0.4, -0.2) is 0 Å². The number of hydrogen-bond donors (Lipinski definition) is 0. The van der Waals surface area contributed by atoms with Crippen LogP contribution < -0.4 is 0 Å². The van der Waals surface area contributed by atoms with Gasteiger partial charge in [0.15, 0.2) is 0 Å². The van der Waals surface area contributed by atoms with Gasteiger partial charge in [0.05, 0.1) is 0 Å². The van der Waals surface area contributed by atoms with Crippen LogP contribution in [0.5, 0.6) is 0 Å². The molecule has 1 saturated carbocycles.